The van der Waals surface area contributed by atoms with Gasteiger partial charge in [-0.15, -0.1) is 5.10 Å². The molecule has 1 amide bonds. The zero-order valence-electron chi connectivity index (χ0n) is 18.5. The number of hydrogen-bond donors (Lipinski definition) is 0. The Morgan fingerprint density at radius 1 is 1.19 bits per heavy atom. The van der Waals surface area contributed by atoms with Crippen LogP contribution < -0.4 is 0 Å². The Kier molecular flexibility index (Phi) is 5.96. The van der Waals surface area contributed by atoms with Crippen molar-refractivity contribution in [2.24, 2.45) is 7.05 Å². The Morgan fingerprint density at radius 2 is 1.97 bits per heavy atom. The Morgan fingerprint density at radius 3 is 2.66 bits per heavy atom. The Labute approximate surface area is 184 Å². The molecule has 1 aliphatic rings. The number of carbonyl (C=O) groups is 1. The number of amides is 1. The number of likely N-dealkylation sites (tertiary alicyclic amines) is 1. The standard InChI is InChI=1S/C22H27F3N6O/c1-14-16(15(2)31-21(26-14)27-20(28-31)22(23,24)25)10-11-19(32)30-13-6-4-5-8-18(30)17-9-7-12-29(17)3/h7,9,12,18H,4-6,8,10-11,13H2,1-3H3/t18-/m1/s1. The van der Waals surface area contributed by atoms with Crippen molar-refractivity contribution >= 4 is 11.7 Å². The molecule has 10 heteroatoms. The summed E-state index contributed by atoms with van der Waals surface area (Å²) in [6, 6.07) is 4.09. The quantitative estimate of drug-likeness (QED) is 0.601. The Hall–Kier alpha value is -2.91. The van der Waals surface area contributed by atoms with E-state index in [-0.39, 0.29) is 24.1 Å². The van der Waals surface area contributed by atoms with Gasteiger partial charge < -0.3 is 9.47 Å². The van der Waals surface area contributed by atoms with E-state index in [2.05, 4.69) is 25.7 Å². The first-order chi connectivity index (χ1) is 15.2. The SMILES string of the molecule is Cc1nc2nc(C(F)(F)F)nn2c(C)c1CCC(=O)N1CCCCC[C@@H]1c1cccn1C. The highest BCUT2D eigenvalue weighted by molar-refractivity contribution is 5.77. The highest BCUT2D eigenvalue weighted by Gasteiger charge is 2.37. The molecular weight excluding hydrogens is 421 g/mol. The van der Waals surface area contributed by atoms with E-state index < -0.39 is 12.0 Å². The van der Waals surface area contributed by atoms with Gasteiger partial charge in [-0.1, -0.05) is 12.8 Å². The third-order valence-corrected chi connectivity index (χ3v) is 6.29. The number of carbonyl (C=O) groups excluding carboxylic acids is 1. The largest absolute Gasteiger partial charge is 0.453 e. The molecule has 1 atom stereocenters. The van der Waals surface area contributed by atoms with Gasteiger partial charge in [0.25, 0.3) is 11.6 Å². The van der Waals surface area contributed by atoms with E-state index >= 15 is 0 Å². The fraction of sp³-hybridized carbons (Fsp3) is 0.545. The first-order valence-electron chi connectivity index (χ1n) is 10.9. The van der Waals surface area contributed by atoms with E-state index in [0.717, 1.165) is 41.5 Å². The molecule has 172 valence electrons. The van der Waals surface area contributed by atoms with Gasteiger partial charge >= 0.3 is 6.18 Å². The predicted octanol–water partition coefficient (Wildman–Crippen LogP) is 4.17. The minimum atomic E-state index is -4.64. The van der Waals surface area contributed by atoms with E-state index in [1.165, 1.54) is 0 Å². The van der Waals surface area contributed by atoms with Gasteiger partial charge in [0.15, 0.2) is 0 Å². The van der Waals surface area contributed by atoms with Crippen LogP contribution in [-0.4, -0.2) is 41.5 Å². The van der Waals surface area contributed by atoms with E-state index in [0.29, 0.717) is 24.4 Å². The number of aromatic nitrogens is 5. The van der Waals surface area contributed by atoms with Gasteiger partial charge in [-0.25, -0.2) is 9.50 Å². The second-order valence-corrected chi connectivity index (χ2v) is 8.40. The van der Waals surface area contributed by atoms with Gasteiger partial charge in [-0.2, -0.15) is 18.2 Å². The van der Waals surface area contributed by atoms with Crippen molar-refractivity contribution in [2.45, 2.75) is 64.6 Å². The van der Waals surface area contributed by atoms with Crippen molar-refractivity contribution in [3.8, 4) is 0 Å². The maximum atomic E-state index is 13.3. The zero-order chi connectivity index (χ0) is 23.0. The summed E-state index contributed by atoms with van der Waals surface area (Å²) in [6.45, 7) is 4.13. The third-order valence-electron chi connectivity index (χ3n) is 6.29. The minimum Gasteiger partial charge on any atom is -0.353 e. The maximum absolute atomic E-state index is 13.3. The molecule has 0 bridgehead atoms. The summed E-state index contributed by atoms with van der Waals surface area (Å²) in [4.78, 5) is 23.0. The van der Waals surface area contributed by atoms with Crippen LogP contribution in [-0.2, 0) is 24.4 Å². The van der Waals surface area contributed by atoms with Crippen LogP contribution in [0.15, 0.2) is 18.3 Å². The van der Waals surface area contributed by atoms with Gasteiger partial charge in [0, 0.05) is 43.3 Å². The van der Waals surface area contributed by atoms with E-state index in [1.54, 1.807) is 13.8 Å². The normalized spacial score (nSPS) is 17.7. The topological polar surface area (TPSA) is 68.3 Å². The molecule has 3 aromatic rings. The van der Waals surface area contributed by atoms with E-state index in [9.17, 15) is 18.0 Å². The number of aryl methyl sites for hydroxylation is 3. The van der Waals surface area contributed by atoms with Crippen LogP contribution in [0.25, 0.3) is 5.78 Å². The lowest BCUT2D eigenvalue weighted by atomic mass is 10.0. The first kappa shape index (κ1) is 22.3. The second kappa shape index (κ2) is 8.55. The monoisotopic (exact) mass is 448 g/mol. The van der Waals surface area contributed by atoms with Crippen LogP contribution in [0.3, 0.4) is 0 Å². The molecule has 0 aromatic carbocycles. The average molecular weight is 448 g/mol. The number of fused-ring (bicyclic) bond motifs is 1. The summed E-state index contributed by atoms with van der Waals surface area (Å²) < 4.78 is 42.2. The fourth-order valence-corrected chi connectivity index (χ4v) is 4.60. The number of rotatable bonds is 4. The van der Waals surface area contributed by atoms with Crippen molar-refractivity contribution in [2.75, 3.05) is 6.54 Å². The summed E-state index contributed by atoms with van der Waals surface area (Å²) in [5.74, 6) is -1.25. The second-order valence-electron chi connectivity index (χ2n) is 8.40. The van der Waals surface area contributed by atoms with Gasteiger partial charge in [-0.3, -0.25) is 4.79 Å². The molecule has 1 aliphatic heterocycles. The molecule has 4 heterocycles. The maximum Gasteiger partial charge on any atom is 0.453 e. The molecule has 0 radical (unpaired) electrons. The van der Waals surface area contributed by atoms with Crippen LogP contribution in [0.2, 0.25) is 0 Å². The zero-order valence-corrected chi connectivity index (χ0v) is 18.5. The predicted molar refractivity (Wildman–Crippen MR) is 112 cm³/mol. The summed E-state index contributed by atoms with van der Waals surface area (Å²) >= 11 is 0. The molecule has 7 nitrogen and oxygen atoms in total. The first-order valence-corrected chi connectivity index (χ1v) is 10.9. The van der Waals surface area contributed by atoms with Crippen molar-refractivity contribution in [3.05, 3.63) is 46.8 Å². The highest BCUT2D eigenvalue weighted by atomic mass is 19.4. The van der Waals surface area contributed by atoms with E-state index in [4.69, 9.17) is 0 Å². The fourth-order valence-electron chi connectivity index (χ4n) is 4.60. The number of nitrogens with zero attached hydrogens (tertiary/aromatic N) is 6. The Balaban J connectivity index is 1.57. The molecule has 0 unspecified atom stereocenters. The molecular formula is C22H27F3N6O. The lowest BCUT2D eigenvalue weighted by Crippen LogP contribution is -2.35. The van der Waals surface area contributed by atoms with Gasteiger partial charge in [0.2, 0.25) is 5.91 Å². The van der Waals surface area contributed by atoms with Gasteiger partial charge in [0.1, 0.15) is 0 Å². The lowest BCUT2D eigenvalue weighted by molar-refractivity contribution is -0.144. The Bertz CT molecular complexity index is 1130. The van der Waals surface area contributed by atoms with Gasteiger partial charge in [0.05, 0.1) is 6.04 Å². The summed E-state index contributed by atoms with van der Waals surface area (Å²) in [6.07, 6.45) is 2.07. The molecule has 32 heavy (non-hydrogen) atoms. The van der Waals surface area contributed by atoms with Crippen LogP contribution >= 0.6 is 0 Å². The van der Waals surface area contributed by atoms with Crippen molar-refractivity contribution in [1.82, 2.24) is 29.0 Å². The summed E-state index contributed by atoms with van der Waals surface area (Å²) in [5, 5.41) is 3.59. The lowest BCUT2D eigenvalue weighted by Gasteiger charge is -2.31. The van der Waals surface area contributed by atoms with Crippen molar-refractivity contribution in [3.63, 3.8) is 0 Å². The van der Waals surface area contributed by atoms with Crippen LogP contribution in [0.5, 0.6) is 0 Å². The molecule has 1 fully saturated rings. The number of halogens is 3. The average Bonchev–Trinajstić information content (AvgIpc) is 3.27. The summed E-state index contributed by atoms with van der Waals surface area (Å²) in [7, 11) is 1.99. The molecule has 0 spiro atoms. The minimum absolute atomic E-state index is 0.0393. The third kappa shape index (κ3) is 4.22. The molecule has 3 aromatic heterocycles. The van der Waals surface area contributed by atoms with Crippen molar-refractivity contribution in [1.29, 1.82) is 0 Å². The number of hydrogen-bond acceptors (Lipinski definition) is 4. The molecule has 1 saturated heterocycles. The van der Waals surface area contributed by atoms with E-state index in [1.807, 2.05) is 24.2 Å². The highest BCUT2D eigenvalue weighted by Crippen LogP contribution is 2.31. The molecule has 4 rings (SSSR count). The van der Waals surface area contributed by atoms with Crippen LogP contribution in [0, 0.1) is 13.8 Å². The molecule has 0 saturated carbocycles. The molecule has 0 N–H and O–H groups in total. The smallest absolute Gasteiger partial charge is 0.353 e. The van der Waals surface area contributed by atoms with Crippen LogP contribution in [0.4, 0.5) is 13.2 Å². The van der Waals surface area contributed by atoms with Gasteiger partial charge in [-0.05, 0) is 50.8 Å². The van der Waals surface area contributed by atoms with Crippen LogP contribution in [0.1, 0.15) is 66.6 Å². The summed E-state index contributed by atoms with van der Waals surface area (Å²) in [5.41, 5.74) is 2.95. The molecule has 0 aliphatic carbocycles. The number of alkyl halides is 3. The van der Waals surface area contributed by atoms with Crippen molar-refractivity contribution < 1.29 is 18.0 Å².